The Morgan fingerprint density at radius 3 is 2.87 bits per heavy atom. The first-order valence-electron chi connectivity index (χ1n) is 6.76. The number of carbonyl (C=O) groups is 1. The summed E-state index contributed by atoms with van der Waals surface area (Å²) in [6, 6.07) is 8.53. The fourth-order valence-corrected chi connectivity index (χ4v) is 1.92. The van der Waals surface area contributed by atoms with Crippen LogP contribution in [-0.4, -0.2) is 16.9 Å². The Balaban J connectivity index is 2.06. The lowest BCUT2D eigenvalue weighted by Gasteiger charge is -2.15. The molecule has 1 aromatic heterocycles. The first-order chi connectivity index (χ1) is 11.0. The molecule has 0 aliphatic carbocycles. The van der Waals surface area contributed by atoms with Gasteiger partial charge < -0.3 is 15.1 Å². The number of hydrogen-bond acceptors (Lipinski definition) is 6. The molecule has 23 heavy (non-hydrogen) atoms. The van der Waals surface area contributed by atoms with Gasteiger partial charge in [-0.3, -0.25) is 14.9 Å². The van der Waals surface area contributed by atoms with Gasteiger partial charge in [0.05, 0.1) is 29.4 Å². The van der Waals surface area contributed by atoms with Gasteiger partial charge in [-0.1, -0.05) is 0 Å². The molecule has 0 unspecified atom stereocenters. The molecule has 0 radical (unpaired) electrons. The van der Waals surface area contributed by atoms with Gasteiger partial charge in [-0.05, 0) is 31.2 Å². The number of nitrogens with zero attached hydrogens (tertiary/aromatic N) is 2. The number of nitriles is 1. The molecule has 8 heteroatoms. The molecule has 8 nitrogen and oxygen atoms in total. The highest BCUT2D eigenvalue weighted by Crippen LogP contribution is 2.25. The molecule has 1 aromatic carbocycles. The van der Waals surface area contributed by atoms with Gasteiger partial charge >= 0.3 is 0 Å². The maximum atomic E-state index is 12.0. The zero-order valence-corrected chi connectivity index (χ0v) is 12.3. The molecule has 1 amide bonds. The summed E-state index contributed by atoms with van der Waals surface area (Å²) in [5, 5.41) is 25.3. The first kappa shape index (κ1) is 16.0. The van der Waals surface area contributed by atoms with Gasteiger partial charge in [-0.15, -0.1) is 0 Å². The van der Waals surface area contributed by atoms with Crippen molar-refractivity contribution in [2.24, 2.45) is 0 Å². The highest BCUT2D eigenvalue weighted by Gasteiger charge is 2.19. The molecule has 0 fully saturated rings. The van der Waals surface area contributed by atoms with Crippen molar-refractivity contribution in [3.8, 4) is 6.07 Å². The smallest absolute Gasteiger partial charge is 0.292 e. The molecule has 0 saturated heterocycles. The summed E-state index contributed by atoms with van der Waals surface area (Å²) in [6.07, 6.45) is 1.50. The van der Waals surface area contributed by atoms with Crippen molar-refractivity contribution in [2.75, 3.05) is 5.32 Å². The van der Waals surface area contributed by atoms with Crippen LogP contribution in [0.15, 0.2) is 41.0 Å². The number of benzene rings is 1. The maximum Gasteiger partial charge on any atom is 0.292 e. The van der Waals surface area contributed by atoms with Crippen molar-refractivity contribution in [3.63, 3.8) is 0 Å². The third-order valence-electron chi connectivity index (χ3n) is 3.10. The average molecular weight is 314 g/mol. The summed E-state index contributed by atoms with van der Waals surface area (Å²) >= 11 is 0. The van der Waals surface area contributed by atoms with Crippen LogP contribution < -0.4 is 10.6 Å². The van der Waals surface area contributed by atoms with Crippen molar-refractivity contribution in [1.29, 1.82) is 5.26 Å². The number of hydrogen-bond donors (Lipinski definition) is 2. The SMILES string of the molecule is C[C@H](Nc1cc(C#N)ccc1[N+](=O)[O-])C(=O)NCc1ccco1. The summed E-state index contributed by atoms with van der Waals surface area (Å²) < 4.78 is 5.10. The van der Waals surface area contributed by atoms with E-state index in [0.29, 0.717) is 5.76 Å². The van der Waals surface area contributed by atoms with E-state index in [1.165, 1.54) is 24.5 Å². The quantitative estimate of drug-likeness (QED) is 0.622. The summed E-state index contributed by atoms with van der Waals surface area (Å²) in [5.74, 6) is 0.251. The Hall–Kier alpha value is -3.34. The van der Waals surface area contributed by atoms with Crippen LogP contribution in [0.2, 0.25) is 0 Å². The minimum atomic E-state index is -0.724. The molecule has 0 saturated carbocycles. The zero-order valence-electron chi connectivity index (χ0n) is 12.3. The molecule has 2 aromatic rings. The van der Waals surface area contributed by atoms with Crippen molar-refractivity contribution in [1.82, 2.24) is 5.32 Å². The van der Waals surface area contributed by atoms with E-state index in [-0.39, 0.29) is 29.4 Å². The van der Waals surface area contributed by atoms with Gasteiger partial charge in [0.25, 0.3) is 5.69 Å². The van der Waals surface area contributed by atoms with Crippen LogP contribution in [-0.2, 0) is 11.3 Å². The monoisotopic (exact) mass is 314 g/mol. The van der Waals surface area contributed by atoms with E-state index < -0.39 is 11.0 Å². The summed E-state index contributed by atoms with van der Waals surface area (Å²) in [5.41, 5.74) is 0.186. The van der Waals surface area contributed by atoms with Gasteiger partial charge in [0.2, 0.25) is 5.91 Å². The third kappa shape index (κ3) is 4.07. The third-order valence-corrected chi connectivity index (χ3v) is 3.10. The number of nitro benzene ring substituents is 1. The predicted molar refractivity (Wildman–Crippen MR) is 81.5 cm³/mol. The van der Waals surface area contributed by atoms with Crippen LogP contribution in [0.4, 0.5) is 11.4 Å². The van der Waals surface area contributed by atoms with E-state index in [1.807, 2.05) is 6.07 Å². The van der Waals surface area contributed by atoms with Crippen LogP contribution in [0.5, 0.6) is 0 Å². The second kappa shape index (κ2) is 7.09. The first-order valence-corrected chi connectivity index (χ1v) is 6.76. The Morgan fingerprint density at radius 2 is 2.26 bits per heavy atom. The summed E-state index contributed by atoms with van der Waals surface area (Å²) in [4.78, 5) is 22.5. The molecule has 1 heterocycles. The highest BCUT2D eigenvalue weighted by molar-refractivity contribution is 5.85. The molecular weight excluding hydrogens is 300 g/mol. The standard InChI is InChI=1S/C15H14N4O4/c1-10(15(20)17-9-12-3-2-6-23-12)18-13-7-11(8-16)4-5-14(13)19(21)22/h2-7,10,18H,9H2,1H3,(H,17,20)/t10-/m0/s1. The number of nitro groups is 1. The fraction of sp³-hybridized carbons (Fsp3) is 0.200. The van der Waals surface area contributed by atoms with Crippen molar-refractivity contribution >= 4 is 17.3 Å². The van der Waals surface area contributed by atoms with E-state index in [0.717, 1.165) is 0 Å². The number of rotatable bonds is 6. The van der Waals surface area contributed by atoms with Crippen molar-refractivity contribution in [2.45, 2.75) is 19.5 Å². The molecule has 2 rings (SSSR count). The highest BCUT2D eigenvalue weighted by atomic mass is 16.6. The molecule has 0 aliphatic rings. The Morgan fingerprint density at radius 1 is 1.48 bits per heavy atom. The number of nitrogens with one attached hydrogen (secondary N) is 2. The summed E-state index contributed by atoms with van der Waals surface area (Å²) in [6.45, 7) is 1.79. The fourth-order valence-electron chi connectivity index (χ4n) is 1.92. The van der Waals surface area contributed by atoms with E-state index >= 15 is 0 Å². The van der Waals surface area contributed by atoms with Gasteiger partial charge in [-0.2, -0.15) is 5.26 Å². The Bertz CT molecular complexity index is 749. The molecule has 0 spiro atoms. The van der Waals surface area contributed by atoms with E-state index in [4.69, 9.17) is 9.68 Å². The molecular formula is C15H14N4O4. The van der Waals surface area contributed by atoms with Crippen molar-refractivity contribution < 1.29 is 14.1 Å². The molecule has 1 atom stereocenters. The van der Waals surface area contributed by atoms with Crippen LogP contribution in [0.3, 0.4) is 0 Å². The van der Waals surface area contributed by atoms with Crippen LogP contribution in [0.25, 0.3) is 0 Å². The van der Waals surface area contributed by atoms with Crippen LogP contribution in [0, 0.1) is 21.4 Å². The molecule has 118 valence electrons. The average Bonchev–Trinajstić information content (AvgIpc) is 3.05. The minimum absolute atomic E-state index is 0.120. The lowest BCUT2D eigenvalue weighted by Crippen LogP contribution is -2.37. The maximum absolute atomic E-state index is 12.0. The second-order valence-corrected chi connectivity index (χ2v) is 4.76. The van der Waals surface area contributed by atoms with Gasteiger partial charge in [0, 0.05) is 6.07 Å². The zero-order chi connectivity index (χ0) is 16.8. The van der Waals surface area contributed by atoms with Gasteiger partial charge in [0.1, 0.15) is 17.5 Å². The Labute approximate surface area is 131 Å². The predicted octanol–water partition coefficient (Wildman–Crippen LogP) is 2.18. The molecule has 0 aliphatic heterocycles. The van der Waals surface area contributed by atoms with E-state index in [9.17, 15) is 14.9 Å². The van der Waals surface area contributed by atoms with Crippen LogP contribution >= 0.6 is 0 Å². The van der Waals surface area contributed by atoms with Gasteiger partial charge in [-0.25, -0.2) is 0 Å². The molecule has 2 N–H and O–H groups in total. The minimum Gasteiger partial charge on any atom is -0.467 e. The summed E-state index contributed by atoms with van der Waals surface area (Å²) in [7, 11) is 0. The Kier molecular flexibility index (Phi) is 4.94. The normalized spacial score (nSPS) is 11.3. The number of anilines is 1. The number of furan rings is 1. The van der Waals surface area contributed by atoms with E-state index in [2.05, 4.69) is 10.6 Å². The lowest BCUT2D eigenvalue weighted by atomic mass is 10.1. The van der Waals surface area contributed by atoms with Crippen molar-refractivity contribution in [3.05, 3.63) is 58.0 Å². The topological polar surface area (TPSA) is 121 Å². The number of carbonyl (C=O) groups excluding carboxylic acids is 1. The largest absolute Gasteiger partial charge is 0.467 e. The number of amides is 1. The second-order valence-electron chi connectivity index (χ2n) is 4.76. The van der Waals surface area contributed by atoms with Gasteiger partial charge in [0.15, 0.2) is 0 Å². The van der Waals surface area contributed by atoms with Crippen LogP contribution in [0.1, 0.15) is 18.2 Å². The van der Waals surface area contributed by atoms with E-state index in [1.54, 1.807) is 19.1 Å². The lowest BCUT2D eigenvalue weighted by molar-refractivity contribution is -0.384. The molecule has 0 bridgehead atoms.